The number of ether oxygens (including phenoxy) is 2. The molecule has 2 unspecified atom stereocenters. The molecular weight excluding hydrogens is 411 g/mol. The second-order valence-corrected chi connectivity index (χ2v) is 9.80. The van der Waals surface area contributed by atoms with Gasteiger partial charge in [-0.3, -0.25) is 4.57 Å². The Bertz CT molecular complexity index is 1190. The van der Waals surface area contributed by atoms with Gasteiger partial charge < -0.3 is 14.8 Å². The lowest BCUT2D eigenvalue weighted by molar-refractivity contribution is -0.0829. The molecule has 1 N–H and O–H groups in total. The third kappa shape index (κ3) is 3.34. The summed E-state index contributed by atoms with van der Waals surface area (Å²) in [7, 11) is -3.49. The molecule has 2 aromatic heterocycles. The summed E-state index contributed by atoms with van der Waals surface area (Å²) in [6.45, 7) is 2.94. The Hall–Kier alpha value is -2.56. The fourth-order valence-electron chi connectivity index (χ4n) is 4.20. The molecule has 2 fully saturated rings. The van der Waals surface area contributed by atoms with Gasteiger partial charge in [0.05, 0.1) is 29.2 Å². The number of piperidine rings is 1. The summed E-state index contributed by atoms with van der Waals surface area (Å²) in [5, 5.41) is 4.07. The number of nitrogens with one attached hydrogen (secondary N) is 1. The molecule has 2 aliphatic heterocycles. The summed E-state index contributed by atoms with van der Waals surface area (Å²) < 4.78 is 51.6. The highest BCUT2D eigenvalue weighted by atomic mass is 32.2. The third-order valence-electron chi connectivity index (χ3n) is 5.71. The fraction of sp³-hybridized carbons (Fsp3) is 0.400. The molecule has 4 heterocycles. The number of rotatable bonds is 4. The fourth-order valence-corrected chi connectivity index (χ4v) is 4.83. The maximum absolute atomic E-state index is 14.7. The van der Waals surface area contributed by atoms with Crippen molar-refractivity contribution in [3.63, 3.8) is 0 Å². The van der Waals surface area contributed by atoms with Crippen LogP contribution in [0.15, 0.2) is 41.7 Å². The Kier molecular flexibility index (Phi) is 4.72. The van der Waals surface area contributed by atoms with Gasteiger partial charge in [-0.2, -0.15) is 0 Å². The van der Waals surface area contributed by atoms with Crippen LogP contribution in [-0.4, -0.2) is 61.6 Å². The van der Waals surface area contributed by atoms with E-state index in [9.17, 15) is 12.8 Å². The summed E-state index contributed by atoms with van der Waals surface area (Å²) in [5.74, 6) is 0.286. The Labute approximate surface area is 173 Å². The zero-order valence-electron chi connectivity index (χ0n) is 16.3. The summed E-state index contributed by atoms with van der Waals surface area (Å²) in [4.78, 5) is 8.56. The van der Waals surface area contributed by atoms with Crippen LogP contribution in [0.4, 0.5) is 4.39 Å². The van der Waals surface area contributed by atoms with Crippen molar-refractivity contribution in [3.05, 3.63) is 42.6 Å². The van der Waals surface area contributed by atoms with Crippen molar-refractivity contribution in [2.45, 2.75) is 11.0 Å². The molecule has 0 aliphatic carbocycles. The number of aromatic nitrogens is 3. The minimum Gasteiger partial charge on any atom is -0.473 e. The van der Waals surface area contributed by atoms with Gasteiger partial charge in [0.2, 0.25) is 5.88 Å². The standard InChI is InChI=1S/C20H21FN4O4S/c1-30(26,27)14-2-3-17(16(21)6-14)25-5-4-15-19(25)23-11-24-20(15)29-18-12-7-22-8-13(18)10-28-9-12/h2-6,11-13,18,22H,7-10H2,1H3. The molecule has 0 spiro atoms. The van der Waals surface area contributed by atoms with Gasteiger partial charge in [0, 0.05) is 37.4 Å². The van der Waals surface area contributed by atoms with E-state index in [0.29, 0.717) is 30.1 Å². The Morgan fingerprint density at radius 3 is 2.67 bits per heavy atom. The van der Waals surface area contributed by atoms with Crippen LogP contribution in [0.25, 0.3) is 16.7 Å². The van der Waals surface area contributed by atoms with Gasteiger partial charge in [0.25, 0.3) is 0 Å². The summed E-state index contributed by atoms with van der Waals surface area (Å²) >= 11 is 0. The number of hydrogen-bond acceptors (Lipinski definition) is 7. The van der Waals surface area contributed by atoms with Crippen molar-refractivity contribution in [2.75, 3.05) is 32.6 Å². The predicted octanol–water partition coefficient (Wildman–Crippen LogP) is 1.58. The molecule has 1 aromatic carbocycles. The quantitative estimate of drug-likeness (QED) is 0.669. The topological polar surface area (TPSA) is 95.3 Å². The van der Waals surface area contributed by atoms with Crippen LogP contribution in [0.2, 0.25) is 0 Å². The number of sulfone groups is 1. The van der Waals surface area contributed by atoms with Crippen molar-refractivity contribution < 1.29 is 22.3 Å². The zero-order valence-corrected chi connectivity index (χ0v) is 17.1. The molecule has 3 aromatic rings. The molecule has 158 valence electrons. The largest absolute Gasteiger partial charge is 0.473 e. The summed E-state index contributed by atoms with van der Waals surface area (Å²) in [6, 6.07) is 5.62. The van der Waals surface area contributed by atoms with Crippen LogP contribution >= 0.6 is 0 Å². The SMILES string of the molecule is CS(=O)(=O)c1ccc(-n2ccc3c(OC4C5CNCC4COC5)ncnc32)c(F)c1. The van der Waals surface area contributed by atoms with E-state index in [1.54, 1.807) is 16.8 Å². The van der Waals surface area contributed by atoms with Crippen LogP contribution in [0.3, 0.4) is 0 Å². The maximum Gasteiger partial charge on any atom is 0.226 e. The van der Waals surface area contributed by atoms with Gasteiger partial charge in [-0.15, -0.1) is 0 Å². The average Bonchev–Trinajstić information content (AvgIpc) is 3.12. The van der Waals surface area contributed by atoms with E-state index < -0.39 is 15.7 Å². The normalized spacial score (nSPS) is 24.1. The van der Waals surface area contributed by atoms with E-state index in [0.717, 1.165) is 25.4 Å². The first-order valence-electron chi connectivity index (χ1n) is 9.69. The molecule has 2 atom stereocenters. The van der Waals surface area contributed by atoms with Crippen molar-refractivity contribution in [1.82, 2.24) is 19.9 Å². The molecule has 2 saturated heterocycles. The molecule has 0 saturated carbocycles. The van der Waals surface area contributed by atoms with Crippen molar-refractivity contribution >= 4 is 20.9 Å². The first kappa shape index (κ1) is 19.4. The minimum absolute atomic E-state index is 0.00719. The number of benzene rings is 1. The van der Waals surface area contributed by atoms with E-state index in [1.807, 2.05) is 0 Å². The molecule has 8 nitrogen and oxygen atoms in total. The van der Waals surface area contributed by atoms with E-state index in [-0.39, 0.29) is 28.5 Å². The lowest BCUT2D eigenvalue weighted by atomic mass is 9.86. The monoisotopic (exact) mass is 432 g/mol. The van der Waals surface area contributed by atoms with E-state index >= 15 is 0 Å². The van der Waals surface area contributed by atoms with Gasteiger partial charge in [0.15, 0.2) is 15.5 Å². The Balaban J connectivity index is 1.51. The van der Waals surface area contributed by atoms with Crippen LogP contribution in [0.1, 0.15) is 0 Å². The van der Waals surface area contributed by atoms with Crippen molar-refractivity contribution in [2.24, 2.45) is 11.8 Å². The second kappa shape index (κ2) is 7.29. The smallest absolute Gasteiger partial charge is 0.226 e. The molecule has 0 radical (unpaired) electrons. The number of halogens is 1. The number of nitrogens with zero attached hydrogens (tertiary/aromatic N) is 3. The Morgan fingerprint density at radius 2 is 1.97 bits per heavy atom. The first-order valence-corrected chi connectivity index (χ1v) is 11.6. The predicted molar refractivity (Wildman–Crippen MR) is 107 cm³/mol. The van der Waals surface area contributed by atoms with Gasteiger partial charge in [-0.25, -0.2) is 22.8 Å². The lowest BCUT2D eigenvalue weighted by Gasteiger charge is -2.42. The van der Waals surface area contributed by atoms with E-state index in [1.165, 1.54) is 18.5 Å². The molecule has 5 rings (SSSR count). The molecule has 0 amide bonds. The Morgan fingerprint density at radius 1 is 1.20 bits per heavy atom. The van der Waals surface area contributed by atoms with Crippen LogP contribution < -0.4 is 10.1 Å². The minimum atomic E-state index is -3.49. The van der Waals surface area contributed by atoms with E-state index in [2.05, 4.69) is 15.3 Å². The third-order valence-corrected chi connectivity index (χ3v) is 6.82. The van der Waals surface area contributed by atoms with Gasteiger partial charge in [0.1, 0.15) is 18.2 Å². The molecule has 2 aliphatic rings. The molecular formula is C20H21FN4O4S. The number of hydrogen-bond donors (Lipinski definition) is 1. The summed E-state index contributed by atoms with van der Waals surface area (Å²) in [5.41, 5.74) is 0.690. The zero-order chi connectivity index (χ0) is 20.9. The van der Waals surface area contributed by atoms with Crippen molar-refractivity contribution in [3.8, 4) is 11.6 Å². The molecule has 10 heteroatoms. The lowest BCUT2D eigenvalue weighted by Crippen LogP contribution is -2.56. The number of fused-ring (bicyclic) bond motifs is 3. The highest BCUT2D eigenvalue weighted by Crippen LogP contribution is 2.32. The highest BCUT2D eigenvalue weighted by Gasteiger charge is 2.39. The second-order valence-electron chi connectivity index (χ2n) is 7.79. The van der Waals surface area contributed by atoms with Crippen LogP contribution in [0.5, 0.6) is 5.88 Å². The highest BCUT2D eigenvalue weighted by molar-refractivity contribution is 7.90. The summed E-state index contributed by atoms with van der Waals surface area (Å²) in [6.07, 6.45) is 4.11. The van der Waals surface area contributed by atoms with Gasteiger partial charge in [-0.05, 0) is 24.3 Å². The van der Waals surface area contributed by atoms with Gasteiger partial charge >= 0.3 is 0 Å². The maximum atomic E-state index is 14.7. The van der Waals surface area contributed by atoms with E-state index in [4.69, 9.17) is 9.47 Å². The van der Waals surface area contributed by atoms with Crippen LogP contribution in [-0.2, 0) is 14.6 Å². The average molecular weight is 432 g/mol. The molecule has 2 bridgehead atoms. The molecule has 30 heavy (non-hydrogen) atoms. The van der Waals surface area contributed by atoms with Crippen LogP contribution in [0, 0.1) is 17.7 Å². The first-order chi connectivity index (χ1) is 14.4. The van der Waals surface area contributed by atoms with Crippen molar-refractivity contribution in [1.29, 1.82) is 0 Å². The van der Waals surface area contributed by atoms with Gasteiger partial charge in [-0.1, -0.05) is 0 Å².